The number of anilines is 1. The smallest absolute Gasteiger partial charge is 0.103 e. The molecule has 4 N–H and O–H groups in total. The Kier molecular flexibility index (Phi) is 5.84. The van der Waals surface area contributed by atoms with E-state index >= 15 is 0 Å². The van der Waals surface area contributed by atoms with Gasteiger partial charge in [0.2, 0.25) is 0 Å². The summed E-state index contributed by atoms with van der Waals surface area (Å²) in [5.74, 6) is 2.15. The first-order chi connectivity index (χ1) is 12.7. The van der Waals surface area contributed by atoms with Crippen LogP contribution in [0.5, 0.6) is 0 Å². The lowest BCUT2D eigenvalue weighted by Crippen LogP contribution is -2.32. The third-order valence-electron chi connectivity index (χ3n) is 4.72. The fraction of sp³-hybridized carbons (Fsp3) is 0.368. The van der Waals surface area contributed by atoms with Gasteiger partial charge in [-0.3, -0.25) is 0 Å². The van der Waals surface area contributed by atoms with Gasteiger partial charge in [-0.15, -0.1) is 11.8 Å². The molecule has 1 unspecified atom stereocenters. The highest BCUT2D eigenvalue weighted by atomic mass is 79.9. The largest absolute Gasteiger partial charge is 0.384 e. The van der Waals surface area contributed by atoms with Crippen LogP contribution in [0.25, 0.3) is 0 Å². The summed E-state index contributed by atoms with van der Waals surface area (Å²) in [6, 6.07) is 4.36. The van der Waals surface area contributed by atoms with E-state index < -0.39 is 0 Å². The van der Waals surface area contributed by atoms with Crippen LogP contribution in [0.4, 0.5) is 5.69 Å². The number of benzene rings is 1. The molecule has 0 aromatic heterocycles. The number of halogens is 2. The van der Waals surface area contributed by atoms with Gasteiger partial charge in [0.15, 0.2) is 0 Å². The number of nitrogens with one attached hydrogen (secondary N) is 4. The molecule has 1 aromatic carbocycles. The van der Waals surface area contributed by atoms with Crippen molar-refractivity contribution in [2.75, 3.05) is 30.7 Å². The highest BCUT2D eigenvalue weighted by molar-refractivity contribution is 9.10. The first kappa shape index (κ1) is 18.3. The number of thioether (sulfide) groups is 1. The van der Waals surface area contributed by atoms with E-state index in [9.17, 15) is 0 Å². The predicted molar refractivity (Wildman–Crippen MR) is 115 cm³/mol. The van der Waals surface area contributed by atoms with E-state index in [4.69, 9.17) is 11.6 Å². The van der Waals surface area contributed by atoms with E-state index in [1.165, 1.54) is 16.2 Å². The number of rotatable bonds is 6. The molecule has 0 aliphatic carbocycles. The Bertz CT molecular complexity index is 790. The van der Waals surface area contributed by atoms with Crippen LogP contribution < -0.4 is 21.3 Å². The molecule has 0 saturated heterocycles. The molecule has 4 nitrogen and oxygen atoms in total. The van der Waals surface area contributed by atoms with Gasteiger partial charge >= 0.3 is 0 Å². The molecule has 4 rings (SSSR count). The van der Waals surface area contributed by atoms with E-state index in [1.54, 1.807) is 0 Å². The van der Waals surface area contributed by atoms with Crippen LogP contribution in [0.2, 0.25) is 5.02 Å². The first-order valence-corrected chi connectivity index (χ1v) is 11.1. The molecule has 3 aliphatic heterocycles. The number of dihydropyridines is 1. The van der Waals surface area contributed by atoms with Crippen LogP contribution >= 0.6 is 39.3 Å². The minimum Gasteiger partial charge on any atom is -0.384 e. The number of hydrogen-bond acceptors (Lipinski definition) is 5. The van der Waals surface area contributed by atoms with E-state index in [1.807, 2.05) is 17.8 Å². The number of hydrogen-bond donors (Lipinski definition) is 4. The molecular weight excluding hydrogens is 432 g/mol. The Morgan fingerprint density at radius 3 is 3.12 bits per heavy atom. The second-order valence-corrected chi connectivity index (χ2v) is 8.87. The summed E-state index contributed by atoms with van der Waals surface area (Å²) in [7, 11) is 0. The zero-order chi connectivity index (χ0) is 17.9. The summed E-state index contributed by atoms with van der Waals surface area (Å²) in [5.41, 5.74) is 3.66. The summed E-state index contributed by atoms with van der Waals surface area (Å²) in [6.45, 7) is 2.88. The van der Waals surface area contributed by atoms with Crippen molar-refractivity contribution in [2.45, 2.75) is 18.9 Å². The highest BCUT2D eigenvalue weighted by Gasteiger charge is 2.22. The average molecular weight is 454 g/mol. The van der Waals surface area contributed by atoms with E-state index in [0.717, 1.165) is 59.2 Å². The third kappa shape index (κ3) is 4.09. The van der Waals surface area contributed by atoms with E-state index in [0.29, 0.717) is 6.04 Å². The van der Waals surface area contributed by atoms with Crippen LogP contribution in [0.1, 0.15) is 24.4 Å². The molecule has 0 spiro atoms. The second kappa shape index (κ2) is 8.30. The molecule has 7 heteroatoms. The second-order valence-electron chi connectivity index (χ2n) is 6.52. The number of allylic oxidation sites excluding steroid dienone is 2. The van der Waals surface area contributed by atoms with Gasteiger partial charge in [0.05, 0.1) is 11.4 Å². The average Bonchev–Trinajstić information content (AvgIpc) is 3.09. The molecule has 0 radical (unpaired) electrons. The van der Waals surface area contributed by atoms with Gasteiger partial charge in [-0.2, -0.15) is 0 Å². The van der Waals surface area contributed by atoms with E-state index in [-0.39, 0.29) is 0 Å². The van der Waals surface area contributed by atoms with E-state index in [2.05, 4.69) is 61.5 Å². The monoisotopic (exact) mass is 452 g/mol. The molecule has 0 bridgehead atoms. The summed E-state index contributed by atoms with van der Waals surface area (Å²) >= 11 is 11.7. The Morgan fingerprint density at radius 1 is 1.27 bits per heavy atom. The maximum absolute atomic E-state index is 6.24. The molecular formula is C19H22BrClN4S. The summed E-state index contributed by atoms with van der Waals surface area (Å²) in [6.07, 6.45) is 8.68. The summed E-state index contributed by atoms with van der Waals surface area (Å²) in [4.78, 5) is 1.34. The zero-order valence-electron chi connectivity index (χ0n) is 14.4. The lowest BCUT2D eigenvalue weighted by Gasteiger charge is -2.29. The van der Waals surface area contributed by atoms with Crippen molar-refractivity contribution in [3.8, 4) is 0 Å². The van der Waals surface area contributed by atoms with Crippen LogP contribution in [-0.4, -0.2) is 25.4 Å². The Balaban J connectivity index is 1.25. The maximum atomic E-state index is 6.24. The van der Waals surface area contributed by atoms with Gasteiger partial charge in [-0.25, -0.2) is 0 Å². The summed E-state index contributed by atoms with van der Waals surface area (Å²) in [5, 5.41) is 14.9. The van der Waals surface area contributed by atoms with Crippen molar-refractivity contribution < 1.29 is 0 Å². The Morgan fingerprint density at radius 2 is 2.19 bits per heavy atom. The minimum atomic E-state index is 0.347. The van der Waals surface area contributed by atoms with Crippen molar-refractivity contribution >= 4 is 45.0 Å². The molecule has 1 aromatic rings. The fourth-order valence-corrected chi connectivity index (χ4v) is 5.30. The van der Waals surface area contributed by atoms with Crippen LogP contribution in [0.3, 0.4) is 0 Å². The fourth-order valence-electron chi connectivity index (χ4n) is 3.44. The van der Waals surface area contributed by atoms with Gasteiger partial charge < -0.3 is 21.3 Å². The van der Waals surface area contributed by atoms with Crippen molar-refractivity contribution in [1.82, 2.24) is 16.0 Å². The van der Waals surface area contributed by atoms with Crippen molar-refractivity contribution in [1.29, 1.82) is 0 Å². The maximum Gasteiger partial charge on any atom is 0.103 e. The molecule has 3 aliphatic rings. The minimum absolute atomic E-state index is 0.347. The molecule has 3 heterocycles. The molecule has 26 heavy (non-hydrogen) atoms. The van der Waals surface area contributed by atoms with Gasteiger partial charge in [0.25, 0.3) is 0 Å². The topological polar surface area (TPSA) is 48.1 Å². The first-order valence-electron chi connectivity index (χ1n) is 8.93. The molecule has 1 atom stereocenters. The molecule has 0 fully saturated rings. The van der Waals surface area contributed by atoms with Gasteiger partial charge in [0.1, 0.15) is 5.82 Å². The highest BCUT2D eigenvalue weighted by Crippen LogP contribution is 2.38. The lowest BCUT2D eigenvalue weighted by molar-refractivity contribution is 0.489. The molecule has 0 amide bonds. The zero-order valence-corrected chi connectivity index (χ0v) is 17.5. The standard InChI is InChI=1S/C19H22BrClN4S/c20-14-11-12(21)10-13-15(4-8-24-19(13)14)22-6-1-7-23-18-3-2-17-16(25-18)5-9-26-17/h2-3,5,10-11,15,22-25H,1,4,6-9H2. The van der Waals surface area contributed by atoms with Crippen LogP contribution in [-0.2, 0) is 0 Å². The molecule has 0 saturated carbocycles. The number of fused-ring (bicyclic) bond motifs is 2. The molecule has 138 valence electrons. The van der Waals surface area contributed by atoms with Crippen molar-refractivity contribution in [2.24, 2.45) is 0 Å². The van der Waals surface area contributed by atoms with Gasteiger partial charge in [0, 0.05) is 39.3 Å². The van der Waals surface area contributed by atoms with Crippen LogP contribution in [0, 0.1) is 0 Å². The van der Waals surface area contributed by atoms with Crippen molar-refractivity contribution in [3.05, 3.63) is 61.8 Å². The van der Waals surface area contributed by atoms with Gasteiger partial charge in [-0.05, 0) is 71.2 Å². The Hall–Kier alpha value is -1.08. The summed E-state index contributed by atoms with van der Waals surface area (Å²) < 4.78 is 1.04. The van der Waals surface area contributed by atoms with Gasteiger partial charge in [-0.1, -0.05) is 11.6 Å². The predicted octanol–water partition coefficient (Wildman–Crippen LogP) is 4.49. The third-order valence-corrected chi connectivity index (χ3v) is 6.56. The Labute approximate surface area is 172 Å². The normalized spacial score (nSPS) is 20.8. The van der Waals surface area contributed by atoms with Crippen LogP contribution in [0.15, 0.2) is 51.3 Å². The lowest BCUT2D eigenvalue weighted by atomic mass is 9.98. The SMILES string of the molecule is Clc1cc(Br)c2c(c1)C(NCCCNC1=CC=C3SCC=C3N1)CCN2. The van der Waals surface area contributed by atoms with Crippen molar-refractivity contribution in [3.63, 3.8) is 0 Å². The quantitative estimate of drug-likeness (QED) is 0.478.